The molecule has 1 nitrogen and oxygen atoms in total. The van der Waals surface area contributed by atoms with Crippen molar-refractivity contribution in [1.29, 1.82) is 0 Å². The largest absolute Gasteiger partial charge is 0.423 e. The second kappa shape index (κ2) is 6.34. The van der Waals surface area contributed by atoms with E-state index in [-0.39, 0.29) is 6.42 Å². The van der Waals surface area contributed by atoms with Gasteiger partial charge < -0.3 is 4.74 Å². The van der Waals surface area contributed by atoms with Crippen LogP contribution in [0.15, 0.2) is 0 Å². The fourth-order valence-electron chi connectivity index (χ4n) is 1.80. The van der Waals surface area contributed by atoms with E-state index >= 15 is 0 Å². The fourth-order valence-corrected chi connectivity index (χ4v) is 1.80. The smallest absolute Gasteiger partial charge is 0.357 e. The van der Waals surface area contributed by atoms with Gasteiger partial charge in [0, 0.05) is 0 Å². The molecule has 0 N–H and O–H groups in total. The van der Waals surface area contributed by atoms with Gasteiger partial charge in [-0.3, -0.25) is 0 Å². The molecule has 0 radical (unpaired) electrons. The Morgan fingerprint density at radius 1 is 0.810 bits per heavy atom. The number of hydrogen-bond acceptors (Lipinski definition) is 1. The van der Waals surface area contributed by atoms with E-state index in [2.05, 4.69) is 4.74 Å². The second-order valence-corrected chi connectivity index (χ2v) is 7.19. The van der Waals surface area contributed by atoms with Crippen molar-refractivity contribution < 1.29 is 31.1 Å². The first-order valence-corrected chi connectivity index (χ1v) is 6.79. The molecule has 0 aromatic heterocycles. The van der Waals surface area contributed by atoms with Gasteiger partial charge in [0.25, 0.3) is 0 Å². The molecule has 0 saturated heterocycles. The molecule has 0 fully saturated rings. The average molecular weight is 322 g/mol. The standard InChI is InChI=1S/C14H24F6O/c1-7-12(5,6)9(8-11(2,3)4)21-10(13(15,16)17)14(18,19)20/h9-10H,7-8H2,1-6H3. The zero-order valence-electron chi connectivity index (χ0n) is 13.2. The van der Waals surface area contributed by atoms with Crippen LogP contribution in [0.5, 0.6) is 0 Å². The first-order chi connectivity index (χ1) is 9.00. The summed E-state index contributed by atoms with van der Waals surface area (Å²) in [4.78, 5) is 0. The number of halogens is 6. The van der Waals surface area contributed by atoms with Crippen LogP contribution in [0.25, 0.3) is 0 Å². The number of hydrogen-bond donors (Lipinski definition) is 0. The maximum absolute atomic E-state index is 12.7. The lowest BCUT2D eigenvalue weighted by Gasteiger charge is -2.40. The van der Waals surface area contributed by atoms with Crippen molar-refractivity contribution in [3.05, 3.63) is 0 Å². The molecule has 0 saturated carbocycles. The monoisotopic (exact) mass is 322 g/mol. The first kappa shape index (κ1) is 20.5. The topological polar surface area (TPSA) is 9.23 Å². The van der Waals surface area contributed by atoms with Crippen molar-refractivity contribution in [2.75, 3.05) is 0 Å². The third kappa shape index (κ3) is 6.89. The number of rotatable bonds is 5. The van der Waals surface area contributed by atoms with Crippen LogP contribution < -0.4 is 0 Å². The van der Waals surface area contributed by atoms with Crippen molar-refractivity contribution in [2.24, 2.45) is 10.8 Å². The molecule has 0 heterocycles. The van der Waals surface area contributed by atoms with Crippen molar-refractivity contribution >= 4 is 0 Å². The predicted molar refractivity (Wildman–Crippen MR) is 68.9 cm³/mol. The van der Waals surface area contributed by atoms with Crippen LogP contribution in [0, 0.1) is 10.8 Å². The highest BCUT2D eigenvalue weighted by Gasteiger charge is 2.59. The Bertz CT molecular complexity index is 310. The highest BCUT2D eigenvalue weighted by molar-refractivity contribution is 4.86. The SMILES string of the molecule is CCC(C)(C)C(CC(C)(C)C)OC(C(F)(F)F)C(F)(F)F. The third-order valence-electron chi connectivity index (χ3n) is 3.48. The molecule has 128 valence electrons. The fraction of sp³-hybridized carbons (Fsp3) is 1.00. The summed E-state index contributed by atoms with van der Waals surface area (Å²) in [5.41, 5.74) is -1.24. The van der Waals surface area contributed by atoms with Crippen LogP contribution in [0.4, 0.5) is 26.3 Å². The molecule has 1 atom stereocenters. The molecule has 0 amide bonds. The zero-order chi connectivity index (χ0) is 17.3. The Balaban J connectivity index is 5.45. The summed E-state index contributed by atoms with van der Waals surface area (Å²) in [6.45, 7) is 10.2. The van der Waals surface area contributed by atoms with Gasteiger partial charge in [-0.15, -0.1) is 0 Å². The van der Waals surface area contributed by atoms with E-state index < -0.39 is 35.4 Å². The van der Waals surface area contributed by atoms with Crippen LogP contribution in [-0.4, -0.2) is 24.6 Å². The minimum atomic E-state index is -5.47. The van der Waals surface area contributed by atoms with Gasteiger partial charge in [0.15, 0.2) is 0 Å². The molecule has 0 aliphatic carbocycles. The maximum atomic E-state index is 12.7. The molecule has 0 rings (SSSR count). The molecule has 21 heavy (non-hydrogen) atoms. The second-order valence-electron chi connectivity index (χ2n) is 7.19. The molecule has 0 aromatic carbocycles. The van der Waals surface area contributed by atoms with Crippen molar-refractivity contribution in [3.8, 4) is 0 Å². The Morgan fingerprint density at radius 3 is 1.43 bits per heavy atom. The van der Waals surface area contributed by atoms with E-state index in [1.807, 2.05) is 0 Å². The van der Waals surface area contributed by atoms with Crippen molar-refractivity contribution in [1.82, 2.24) is 0 Å². The third-order valence-corrected chi connectivity index (χ3v) is 3.48. The van der Waals surface area contributed by atoms with E-state index in [9.17, 15) is 26.3 Å². The van der Waals surface area contributed by atoms with E-state index in [1.54, 1.807) is 41.5 Å². The van der Waals surface area contributed by atoms with Gasteiger partial charge in [-0.2, -0.15) is 26.3 Å². The van der Waals surface area contributed by atoms with Crippen LogP contribution >= 0.6 is 0 Å². The van der Waals surface area contributed by atoms with Gasteiger partial charge in [0.2, 0.25) is 6.10 Å². The van der Waals surface area contributed by atoms with Gasteiger partial charge in [-0.25, -0.2) is 0 Å². The summed E-state index contributed by atoms with van der Waals surface area (Å²) in [5, 5.41) is 0. The first-order valence-electron chi connectivity index (χ1n) is 6.79. The molecule has 1 unspecified atom stereocenters. The van der Waals surface area contributed by atoms with E-state index in [0.29, 0.717) is 6.42 Å². The molecule has 0 aliphatic heterocycles. The molecule has 0 aromatic rings. The number of alkyl halides is 6. The molecule has 0 aliphatic rings. The summed E-state index contributed by atoms with van der Waals surface area (Å²) < 4.78 is 80.5. The molecular formula is C14H24F6O. The highest BCUT2D eigenvalue weighted by Crippen LogP contribution is 2.42. The Labute approximate surface area is 122 Å². The van der Waals surface area contributed by atoms with E-state index in [1.165, 1.54) is 0 Å². The van der Waals surface area contributed by atoms with Crippen LogP contribution in [0.3, 0.4) is 0 Å². The Kier molecular flexibility index (Phi) is 6.20. The van der Waals surface area contributed by atoms with E-state index in [0.717, 1.165) is 0 Å². The van der Waals surface area contributed by atoms with Gasteiger partial charge in [-0.05, 0) is 23.7 Å². The zero-order valence-corrected chi connectivity index (χ0v) is 13.2. The van der Waals surface area contributed by atoms with Gasteiger partial charge in [0.05, 0.1) is 6.10 Å². The minimum Gasteiger partial charge on any atom is -0.357 e. The number of ether oxygens (including phenoxy) is 1. The Hall–Kier alpha value is -0.460. The van der Waals surface area contributed by atoms with Gasteiger partial charge >= 0.3 is 12.4 Å². The predicted octanol–water partition coefficient (Wildman–Crippen LogP) is 5.74. The lowest BCUT2D eigenvalue weighted by Crippen LogP contribution is -2.49. The molecule has 7 heteroatoms. The van der Waals surface area contributed by atoms with Gasteiger partial charge in [-0.1, -0.05) is 41.5 Å². The van der Waals surface area contributed by atoms with Crippen molar-refractivity contribution in [3.63, 3.8) is 0 Å². The lowest BCUT2D eigenvalue weighted by molar-refractivity contribution is -0.339. The molecule has 0 bridgehead atoms. The van der Waals surface area contributed by atoms with Gasteiger partial charge in [0.1, 0.15) is 0 Å². The summed E-state index contributed by atoms with van der Waals surface area (Å²) in [6, 6.07) is 0. The highest BCUT2D eigenvalue weighted by atomic mass is 19.4. The summed E-state index contributed by atoms with van der Waals surface area (Å²) >= 11 is 0. The Morgan fingerprint density at radius 2 is 1.19 bits per heavy atom. The van der Waals surface area contributed by atoms with Crippen LogP contribution in [0.1, 0.15) is 54.4 Å². The molecule has 0 spiro atoms. The van der Waals surface area contributed by atoms with Crippen molar-refractivity contribution in [2.45, 2.75) is 78.9 Å². The summed E-state index contributed by atoms with van der Waals surface area (Å²) in [6.07, 6.45) is -15.3. The quantitative estimate of drug-likeness (QED) is 0.587. The van der Waals surface area contributed by atoms with E-state index in [4.69, 9.17) is 0 Å². The van der Waals surface area contributed by atoms with Crippen LogP contribution in [-0.2, 0) is 4.74 Å². The van der Waals surface area contributed by atoms with Crippen LogP contribution in [0.2, 0.25) is 0 Å². The maximum Gasteiger partial charge on any atom is 0.423 e. The molecular weight excluding hydrogens is 298 g/mol. The normalized spacial score (nSPS) is 16.4. The average Bonchev–Trinajstić information content (AvgIpc) is 2.18. The summed E-state index contributed by atoms with van der Waals surface area (Å²) in [5.74, 6) is 0. The summed E-state index contributed by atoms with van der Waals surface area (Å²) in [7, 11) is 0. The minimum absolute atomic E-state index is 0.108. The lowest BCUT2D eigenvalue weighted by atomic mass is 9.76.